The molecule has 0 amide bonds. The lowest BCUT2D eigenvalue weighted by atomic mass is 9.47. The van der Waals surface area contributed by atoms with Crippen molar-refractivity contribution >= 4 is 0 Å². The van der Waals surface area contributed by atoms with E-state index in [1.807, 2.05) is 5.57 Å². The normalized spacial score (nSPS) is 44.5. The smallest absolute Gasteiger partial charge is 0.00803 e. The van der Waals surface area contributed by atoms with Crippen molar-refractivity contribution in [1.82, 2.24) is 0 Å². The molecule has 17 heavy (non-hydrogen) atoms. The van der Waals surface area contributed by atoms with Crippen LogP contribution in [-0.2, 0) is 0 Å². The lowest BCUT2D eigenvalue weighted by Crippen LogP contribution is -2.48. The van der Waals surface area contributed by atoms with Gasteiger partial charge in [0.05, 0.1) is 0 Å². The number of hydrogen-bond donors (Lipinski definition) is 0. The van der Waals surface area contributed by atoms with Crippen LogP contribution in [0.3, 0.4) is 0 Å². The Morgan fingerprint density at radius 2 is 1.82 bits per heavy atom. The third kappa shape index (κ3) is 1.71. The molecule has 3 aliphatic carbocycles. The van der Waals surface area contributed by atoms with Gasteiger partial charge in [-0.2, -0.15) is 0 Å². The minimum Gasteiger partial charge on any atom is -0.0845 e. The van der Waals surface area contributed by atoms with E-state index in [1.54, 1.807) is 0 Å². The molecule has 96 valence electrons. The van der Waals surface area contributed by atoms with E-state index < -0.39 is 0 Å². The summed E-state index contributed by atoms with van der Waals surface area (Å²) in [6.07, 6.45) is 14.3. The van der Waals surface area contributed by atoms with E-state index in [2.05, 4.69) is 26.8 Å². The highest BCUT2D eigenvalue weighted by Crippen LogP contribution is 2.62. The summed E-state index contributed by atoms with van der Waals surface area (Å²) in [5, 5.41) is 0. The molecular weight excluding hydrogens is 204 g/mol. The van der Waals surface area contributed by atoms with Crippen LogP contribution in [0.5, 0.6) is 0 Å². The molecular formula is C17H28. The van der Waals surface area contributed by atoms with E-state index in [0.717, 1.165) is 11.8 Å². The van der Waals surface area contributed by atoms with Crippen LogP contribution in [0.4, 0.5) is 0 Å². The number of rotatable bonds is 0. The Morgan fingerprint density at radius 3 is 2.65 bits per heavy atom. The molecule has 3 atom stereocenters. The minimum absolute atomic E-state index is 0.561. The summed E-state index contributed by atoms with van der Waals surface area (Å²) >= 11 is 0. The van der Waals surface area contributed by atoms with Crippen LogP contribution >= 0.6 is 0 Å². The van der Waals surface area contributed by atoms with Gasteiger partial charge < -0.3 is 0 Å². The van der Waals surface area contributed by atoms with E-state index in [9.17, 15) is 0 Å². The quantitative estimate of drug-likeness (QED) is 0.495. The standard InChI is InChI=1S/C17H28/c1-16(2)11-6-12-17(3)14-8-5-4-7-13(14)9-10-15(16)17/h8,13,15H,4-7,9-12H2,1-3H3/t13?,15?,17-/m1/s1. The summed E-state index contributed by atoms with van der Waals surface area (Å²) in [5.41, 5.74) is 3.02. The van der Waals surface area contributed by atoms with Crippen molar-refractivity contribution in [1.29, 1.82) is 0 Å². The first-order valence-electron chi connectivity index (χ1n) is 7.74. The molecule has 0 N–H and O–H groups in total. The molecule has 0 heteroatoms. The zero-order valence-electron chi connectivity index (χ0n) is 11.9. The van der Waals surface area contributed by atoms with E-state index in [-0.39, 0.29) is 0 Å². The first-order chi connectivity index (χ1) is 8.04. The Balaban J connectivity index is 1.99. The SMILES string of the molecule is CC1(C)CCC[C@]2(C)C3=CCCCC3CCC12. The fourth-order valence-corrected chi connectivity index (χ4v) is 5.49. The molecule has 3 rings (SSSR count). The Kier molecular flexibility index (Phi) is 2.69. The van der Waals surface area contributed by atoms with Crippen LogP contribution < -0.4 is 0 Å². The van der Waals surface area contributed by atoms with Crippen LogP contribution in [0.1, 0.15) is 72.1 Å². The highest BCUT2D eigenvalue weighted by atomic mass is 14.6. The van der Waals surface area contributed by atoms with Crippen LogP contribution in [0.15, 0.2) is 11.6 Å². The zero-order chi connectivity index (χ0) is 12.1. The number of allylic oxidation sites excluding steroid dienone is 2. The van der Waals surface area contributed by atoms with Crippen molar-refractivity contribution in [3.63, 3.8) is 0 Å². The Morgan fingerprint density at radius 1 is 1.00 bits per heavy atom. The summed E-state index contributed by atoms with van der Waals surface area (Å²) in [7, 11) is 0. The summed E-state index contributed by atoms with van der Waals surface area (Å²) in [6.45, 7) is 7.65. The lowest BCUT2D eigenvalue weighted by Gasteiger charge is -2.57. The molecule has 0 aromatic carbocycles. The predicted octanol–water partition coefficient (Wildman–Crippen LogP) is 5.34. The Labute approximate surface area is 107 Å². The molecule has 0 radical (unpaired) electrons. The summed E-state index contributed by atoms with van der Waals surface area (Å²) in [6, 6.07) is 0. The van der Waals surface area contributed by atoms with Gasteiger partial charge in [-0.05, 0) is 67.6 Å². The second-order valence-corrected chi connectivity index (χ2v) is 7.68. The topological polar surface area (TPSA) is 0 Å². The molecule has 2 saturated carbocycles. The highest BCUT2D eigenvalue weighted by Gasteiger charge is 2.51. The van der Waals surface area contributed by atoms with Gasteiger partial charge in [-0.25, -0.2) is 0 Å². The van der Waals surface area contributed by atoms with Crippen molar-refractivity contribution in [3.8, 4) is 0 Å². The Hall–Kier alpha value is -0.260. The maximum absolute atomic E-state index is 2.64. The molecule has 3 aliphatic rings. The van der Waals surface area contributed by atoms with Crippen molar-refractivity contribution in [3.05, 3.63) is 11.6 Å². The highest BCUT2D eigenvalue weighted by molar-refractivity contribution is 5.25. The van der Waals surface area contributed by atoms with Crippen LogP contribution in [-0.4, -0.2) is 0 Å². The zero-order valence-corrected chi connectivity index (χ0v) is 11.9. The first kappa shape index (κ1) is 11.8. The first-order valence-corrected chi connectivity index (χ1v) is 7.74. The summed E-state index contributed by atoms with van der Waals surface area (Å²) < 4.78 is 0. The Bertz CT molecular complexity index is 336. The van der Waals surface area contributed by atoms with Crippen molar-refractivity contribution in [2.45, 2.75) is 72.1 Å². The average Bonchev–Trinajstić information content (AvgIpc) is 2.28. The molecule has 0 bridgehead atoms. The average molecular weight is 232 g/mol. The van der Waals surface area contributed by atoms with E-state index in [1.165, 1.54) is 51.4 Å². The van der Waals surface area contributed by atoms with Gasteiger partial charge in [0.25, 0.3) is 0 Å². The van der Waals surface area contributed by atoms with Crippen LogP contribution in [0.2, 0.25) is 0 Å². The predicted molar refractivity (Wildman–Crippen MR) is 73.9 cm³/mol. The largest absolute Gasteiger partial charge is 0.0845 e. The van der Waals surface area contributed by atoms with Crippen molar-refractivity contribution < 1.29 is 0 Å². The maximum atomic E-state index is 2.64. The molecule has 0 aromatic rings. The van der Waals surface area contributed by atoms with Crippen molar-refractivity contribution in [2.24, 2.45) is 22.7 Å². The molecule has 0 spiro atoms. The fraction of sp³-hybridized carbons (Fsp3) is 0.882. The van der Waals surface area contributed by atoms with E-state index in [4.69, 9.17) is 0 Å². The second-order valence-electron chi connectivity index (χ2n) is 7.68. The monoisotopic (exact) mass is 232 g/mol. The third-order valence-electron chi connectivity index (χ3n) is 6.25. The van der Waals surface area contributed by atoms with Gasteiger partial charge in [-0.1, -0.05) is 38.8 Å². The van der Waals surface area contributed by atoms with Gasteiger partial charge in [0, 0.05) is 0 Å². The van der Waals surface area contributed by atoms with Gasteiger partial charge in [-0.15, -0.1) is 0 Å². The molecule has 0 saturated heterocycles. The van der Waals surface area contributed by atoms with Crippen LogP contribution in [0.25, 0.3) is 0 Å². The summed E-state index contributed by atoms with van der Waals surface area (Å²) in [5.74, 6) is 1.91. The van der Waals surface area contributed by atoms with Gasteiger partial charge in [-0.3, -0.25) is 0 Å². The molecule has 0 aliphatic heterocycles. The van der Waals surface area contributed by atoms with E-state index in [0.29, 0.717) is 10.8 Å². The van der Waals surface area contributed by atoms with Gasteiger partial charge in [0.2, 0.25) is 0 Å². The lowest BCUT2D eigenvalue weighted by molar-refractivity contribution is -0.0110. The minimum atomic E-state index is 0.561. The molecule has 0 aromatic heterocycles. The second kappa shape index (κ2) is 3.87. The number of fused-ring (bicyclic) bond motifs is 3. The fourth-order valence-electron chi connectivity index (χ4n) is 5.49. The molecule has 0 nitrogen and oxygen atoms in total. The van der Waals surface area contributed by atoms with E-state index >= 15 is 0 Å². The van der Waals surface area contributed by atoms with Crippen LogP contribution in [0, 0.1) is 22.7 Å². The maximum Gasteiger partial charge on any atom is -0.00803 e. The molecule has 0 heterocycles. The van der Waals surface area contributed by atoms with Gasteiger partial charge in [0.15, 0.2) is 0 Å². The van der Waals surface area contributed by atoms with Gasteiger partial charge in [0.1, 0.15) is 0 Å². The molecule has 2 unspecified atom stereocenters. The molecule has 2 fully saturated rings. The number of hydrogen-bond acceptors (Lipinski definition) is 0. The summed E-state index contributed by atoms with van der Waals surface area (Å²) in [4.78, 5) is 0. The van der Waals surface area contributed by atoms with Gasteiger partial charge >= 0.3 is 0 Å². The third-order valence-corrected chi connectivity index (χ3v) is 6.25. The van der Waals surface area contributed by atoms with Crippen molar-refractivity contribution in [2.75, 3.05) is 0 Å².